The third-order valence-corrected chi connectivity index (χ3v) is 3.88. The minimum atomic E-state index is -4.89. The summed E-state index contributed by atoms with van der Waals surface area (Å²) < 4.78 is 36.8. The van der Waals surface area contributed by atoms with Crippen LogP contribution in [0.5, 0.6) is 0 Å². The molecule has 20 heavy (non-hydrogen) atoms. The van der Waals surface area contributed by atoms with Crippen LogP contribution < -0.4 is 5.32 Å². The van der Waals surface area contributed by atoms with Gasteiger partial charge in [-0.05, 0) is 31.2 Å². The summed E-state index contributed by atoms with van der Waals surface area (Å²) in [6, 6.07) is 8.70. The molecule has 2 rings (SSSR count). The predicted molar refractivity (Wildman–Crippen MR) is 72.8 cm³/mol. The number of anilines is 1. The normalized spacial score (nSPS) is 11.3. The highest BCUT2D eigenvalue weighted by molar-refractivity contribution is 7.86. The lowest BCUT2D eigenvalue weighted by Gasteiger charge is -2.09. The molecular weight excluding hydrogens is 283 g/mol. The van der Waals surface area contributed by atoms with Crippen molar-refractivity contribution >= 4 is 21.8 Å². The molecule has 1 aromatic heterocycles. The molecule has 0 spiro atoms. The second kappa shape index (κ2) is 5.09. The SMILES string of the molecule is Cc1ccc(C(=O)Nc2ccccc2S(=O)(=O)F)n1C. The summed E-state index contributed by atoms with van der Waals surface area (Å²) in [5.74, 6) is -0.503. The van der Waals surface area contributed by atoms with E-state index in [0.717, 1.165) is 11.8 Å². The van der Waals surface area contributed by atoms with Crippen LogP contribution in [0.3, 0.4) is 0 Å². The number of nitrogens with one attached hydrogen (secondary N) is 1. The maximum Gasteiger partial charge on any atom is 0.334 e. The summed E-state index contributed by atoms with van der Waals surface area (Å²) in [6.45, 7) is 1.83. The van der Waals surface area contributed by atoms with Crippen LogP contribution in [0, 0.1) is 6.92 Å². The van der Waals surface area contributed by atoms with Gasteiger partial charge >= 0.3 is 10.2 Å². The van der Waals surface area contributed by atoms with Gasteiger partial charge in [-0.1, -0.05) is 12.1 Å². The third-order valence-electron chi connectivity index (χ3n) is 3.00. The summed E-state index contributed by atoms with van der Waals surface area (Å²) in [4.78, 5) is 11.5. The van der Waals surface area contributed by atoms with Crippen LogP contribution >= 0.6 is 0 Å². The van der Waals surface area contributed by atoms with Gasteiger partial charge in [0.1, 0.15) is 10.6 Å². The number of aryl methyl sites for hydroxylation is 1. The number of aromatic nitrogens is 1. The molecule has 0 bridgehead atoms. The summed E-state index contributed by atoms with van der Waals surface area (Å²) in [7, 11) is -3.18. The van der Waals surface area contributed by atoms with Crippen LogP contribution in [0.15, 0.2) is 41.3 Å². The van der Waals surface area contributed by atoms with Gasteiger partial charge < -0.3 is 9.88 Å². The van der Waals surface area contributed by atoms with Gasteiger partial charge in [0, 0.05) is 12.7 Å². The van der Waals surface area contributed by atoms with E-state index in [1.165, 1.54) is 18.2 Å². The molecule has 106 valence electrons. The summed E-state index contributed by atoms with van der Waals surface area (Å²) in [5, 5.41) is 2.41. The molecule has 0 saturated heterocycles. The first-order chi connectivity index (χ1) is 9.30. The van der Waals surface area contributed by atoms with E-state index >= 15 is 0 Å². The highest BCUT2D eigenvalue weighted by Crippen LogP contribution is 2.23. The van der Waals surface area contributed by atoms with E-state index in [1.54, 1.807) is 23.7 Å². The fraction of sp³-hybridized carbons (Fsp3) is 0.154. The Kier molecular flexibility index (Phi) is 3.63. The number of halogens is 1. The molecule has 7 heteroatoms. The molecule has 5 nitrogen and oxygen atoms in total. The Labute approximate surface area is 116 Å². The molecule has 1 heterocycles. The molecule has 0 saturated carbocycles. The van der Waals surface area contributed by atoms with Crippen molar-refractivity contribution in [3.63, 3.8) is 0 Å². The Bertz CT molecular complexity index is 766. The van der Waals surface area contributed by atoms with E-state index in [-0.39, 0.29) is 5.69 Å². The van der Waals surface area contributed by atoms with Crippen LogP contribution in [0.2, 0.25) is 0 Å². The van der Waals surface area contributed by atoms with Crippen LogP contribution in [-0.2, 0) is 17.3 Å². The van der Waals surface area contributed by atoms with E-state index in [0.29, 0.717) is 5.69 Å². The fourth-order valence-electron chi connectivity index (χ4n) is 1.81. The van der Waals surface area contributed by atoms with Crippen molar-refractivity contribution < 1.29 is 17.1 Å². The molecular formula is C13H13FN2O3S. The van der Waals surface area contributed by atoms with Crippen molar-refractivity contribution in [1.29, 1.82) is 0 Å². The van der Waals surface area contributed by atoms with Gasteiger partial charge in [0.25, 0.3) is 5.91 Å². The van der Waals surface area contributed by atoms with Crippen molar-refractivity contribution in [3.05, 3.63) is 47.8 Å². The topological polar surface area (TPSA) is 68.2 Å². The van der Waals surface area contributed by atoms with E-state index in [9.17, 15) is 17.1 Å². The molecule has 0 aliphatic rings. The molecule has 2 aromatic rings. The van der Waals surface area contributed by atoms with Crippen molar-refractivity contribution in [3.8, 4) is 0 Å². The largest absolute Gasteiger partial charge is 0.344 e. The zero-order chi connectivity index (χ0) is 14.9. The first-order valence-electron chi connectivity index (χ1n) is 5.78. The Morgan fingerprint density at radius 1 is 1.20 bits per heavy atom. The van der Waals surface area contributed by atoms with Crippen molar-refractivity contribution in [2.45, 2.75) is 11.8 Å². The average molecular weight is 296 g/mol. The Morgan fingerprint density at radius 3 is 2.40 bits per heavy atom. The minimum Gasteiger partial charge on any atom is -0.344 e. The van der Waals surface area contributed by atoms with Crippen molar-refractivity contribution in [2.75, 3.05) is 5.32 Å². The first-order valence-corrected chi connectivity index (χ1v) is 7.16. The minimum absolute atomic E-state index is 0.0844. The third kappa shape index (κ3) is 2.72. The lowest BCUT2D eigenvalue weighted by atomic mass is 10.3. The maximum absolute atomic E-state index is 13.1. The van der Waals surface area contributed by atoms with Crippen LogP contribution in [0.1, 0.15) is 16.2 Å². The van der Waals surface area contributed by atoms with E-state index in [2.05, 4.69) is 5.32 Å². The highest BCUT2D eigenvalue weighted by atomic mass is 32.3. The number of para-hydroxylation sites is 1. The lowest BCUT2D eigenvalue weighted by molar-refractivity contribution is 0.101. The average Bonchev–Trinajstić information content (AvgIpc) is 2.69. The van der Waals surface area contributed by atoms with Gasteiger partial charge in [-0.15, -0.1) is 3.89 Å². The Morgan fingerprint density at radius 2 is 1.85 bits per heavy atom. The molecule has 1 aromatic carbocycles. The fourth-order valence-corrected chi connectivity index (χ4v) is 2.43. The van der Waals surface area contributed by atoms with Gasteiger partial charge in [-0.2, -0.15) is 8.42 Å². The highest BCUT2D eigenvalue weighted by Gasteiger charge is 2.19. The van der Waals surface area contributed by atoms with Crippen molar-refractivity contribution in [1.82, 2.24) is 4.57 Å². The number of benzene rings is 1. The quantitative estimate of drug-likeness (QED) is 0.883. The van der Waals surface area contributed by atoms with E-state index in [4.69, 9.17) is 0 Å². The summed E-state index contributed by atoms with van der Waals surface area (Å²) >= 11 is 0. The second-order valence-corrected chi connectivity index (χ2v) is 5.62. The number of amides is 1. The molecule has 0 atom stereocenters. The van der Waals surface area contributed by atoms with Gasteiger partial charge in [-0.25, -0.2) is 0 Å². The molecule has 0 aliphatic heterocycles. The predicted octanol–water partition coefficient (Wildman–Crippen LogP) is 2.24. The number of nitrogens with zero attached hydrogens (tertiary/aromatic N) is 1. The smallest absolute Gasteiger partial charge is 0.334 e. The first kappa shape index (κ1) is 14.3. The Hall–Kier alpha value is -2.15. The summed E-state index contributed by atoms with van der Waals surface area (Å²) in [5.41, 5.74) is 1.15. The molecule has 0 unspecified atom stereocenters. The number of rotatable bonds is 3. The van der Waals surface area contributed by atoms with Crippen LogP contribution in [0.25, 0.3) is 0 Å². The number of hydrogen-bond donors (Lipinski definition) is 1. The zero-order valence-corrected chi connectivity index (χ0v) is 11.7. The number of hydrogen-bond acceptors (Lipinski definition) is 3. The molecule has 1 amide bonds. The standard InChI is InChI=1S/C13H13FN2O3S/c1-9-7-8-11(16(9)2)13(17)15-10-5-3-4-6-12(10)20(14,18)19/h3-8H,1-2H3,(H,15,17). The van der Waals surface area contributed by atoms with Gasteiger partial charge in [-0.3, -0.25) is 4.79 Å². The Balaban J connectivity index is 2.36. The van der Waals surface area contributed by atoms with E-state index < -0.39 is 21.0 Å². The molecule has 0 aliphatic carbocycles. The van der Waals surface area contributed by atoms with E-state index in [1.807, 2.05) is 6.92 Å². The van der Waals surface area contributed by atoms with Crippen LogP contribution in [-0.4, -0.2) is 18.9 Å². The summed E-state index contributed by atoms with van der Waals surface area (Å²) in [6.07, 6.45) is 0. The monoisotopic (exact) mass is 296 g/mol. The molecule has 1 N–H and O–H groups in total. The molecule has 0 radical (unpaired) electrons. The van der Waals surface area contributed by atoms with Gasteiger partial charge in [0.05, 0.1) is 5.69 Å². The van der Waals surface area contributed by atoms with Crippen molar-refractivity contribution in [2.24, 2.45) is 7.05 Å². The lowest BCUT2D eigenvalue weighted by Crippen LogP contribution is -2.17. The maximum atomic E-state index is 13.1. The second-order valence-electron chi connectivity index (χ2n) is 4.31. The van der Waals surface area contributed by atoms with Gasteiger partial charge in [0.15, 0.2) is 0 Å². The van der Waals surface area contributed by atoms with Crippen LogP contribution in [0.4, 0.5) is 9.57 Å². The number of carbonyl (C=O) groups is 1. The molecule has 0 fully saturated rings. The number of carbonyl (C=O) groups excluding carboxylic acids is 1. The zero-order valence-electron chi connectivity index (χ0n) is 10.9. The van der Waals surface area contributed by atoms with Gasteiger partial charge in [0.2, 0.25) is 0 Å².